The van der Waals surface area contributed by atoms with Crippen LogP contribution in [0.4, 0.5) is 10.1 Å². The molecule has 9 heteroatoms. The number of nitrogens with one attached hydrogen (secondary N) is 1. The van der Waals surface area contributed by atoms with Gasteiger partial charge in [0.15, 0.2) is 0 Å². The van der Waals surface area contributed by atoms with Gasteiger partial charge in [0, 0.05) is 12.6 Å². The zero-order chi connectivity index (χ0) is 28.9. The van der Waals surface area contributed by atoms with Crippen LogP contribution in [0.1, 0.15) is 49.3 Å². The summed E-state index contributed by atoms with van der Waals surface area (Å²) >= 11 is 0. The van der Waals surface area contributed by atoms with Crippen LogP contribution in [0.5, 0.6) is 0 Å². The molecule has 0 aromatic heterocycles. The normalized spacial score (nSPS) is 14.5. The third kappa shape index (κ3) is 7.07. The minimum absolute atomic E-state index is 0.0185. The first-order chi connectivity index (χ1) is 19.0. The highest BCUT2D eigenvalue weighted by Gasteiger charge is 2.33. The first kappa shape index (κ1) is 29.3. The lowest BCUT2D eigenvalue weighted by atomic mass is 10.1. The van der Waals surface area contributed by atoms with Crippen LogP contribution in [-0.4, -0.2) is 43.8 Å². The molecule has 7 nitrogen and oxygen atoms in total. The maximum Gasteiger partial charge on any atom is 0.264 e. The standard InChI is InChI=1S/C31H36FN3O4S/c1-22-11-17-29(18-12-22)40(38,39)35(28-10-6-7-23(2)19-28)21-30(36)34(20-25-13-15-26(32)16-14-25)24(3)31(37)33-27-8-4-5-9-27/h6-7,10-19,24,27H,4-5,8-9,20-21H2,1-3H3,(H,33,37)/t24-/m0/s1. The van der Waals surface area contributed by atoms with E-state index in [9.17, 15) is 22.4 Å². The van der Waals surface area contributed by atoms with Crippen molar-refractivity contribution in [2.45, 2.75) is 70.0 Å². The number of hydrogen-bond acceptors (Lipinski definition) is 4. The van der Waals surface area contributed by atoms with Crippen molar-refractivity contribution in [3.63, 3.8) is 0 Å². The van der Waals surface area contributed by atoms with Gasteiger partial charge in [-0.15, -0.1) is 0 Å². The van der Waals surface area contributed by atoms with Crippen molar-refractivity contribution < 1.29 is 22.4 Å². The lowest BCUT2D eigenvalue weighted by molar-refractivity contribution is -0.139. The van der Waals surface area contributed by atoms with Crippen molar-refractivity contribution in [2.75, 3.05) is 10.8 Å². The molecule has 1 N–H and O–H groups in total. The van der Waals surface area contributed by atoms with Gasteiger partial charge in [-0.2, -0.15) is 0 Å². The van der Waals surface area contributed by atoms with Gasteiger partial charge < -0.3 is 10.2 Å². The second-order valence-electron chi connectivity index (χ2n) is 10.5. The van der Waals surface area contributed by atoms with Gasteiger partial charge in [-0.1, -0.05) is 54.8 Å². The smallest absolute Gasteiger partial charge is 0.264 e. The van der Waals surface area contributed by atoms with Gasteiger partial charge in [0.1, 0.15) is 18.4 Å². The van der Waals surface area contributed by atoms with Crippen molar-refractivity contribution in [1.82, 2.24) is 10.2 Å². The molecule has 1 atom stereocenters. The molecular weight excluding hydrogens is 529 g/mol. The minimum Gasteiger partial charge on any atom is -0.352 e. The van der Waals surface area contributed by atoms with E-state index in [0.29, 0.717) is 11.3 Å². The van der Waals surface area contributed by atoms with Crippen LogP contribution in [0.3, 0.4) is 0 Å². The van der Waals surface area contributed by atoms with Crippen LogP contribution < -0.4 is 9.62 Å². The second kappa shape index (κ2) is 12.6. The fourth-order valence-electron chi connectivity index (χ4n) is 4.91. The number of hydrogen-bond donors (Lipinski definition) is 1. The van der Waals surface area contributed by atoms with Gasteiger partial charge in [0.05, 0.1) is 10.6 Å². The summed E-state index contributed by atoms with van der Waals surface area (Å²) < 4.78 is 42.4. The molecule has 1 aliphatic carbocycles. The van der Waals surface area contributed by atoms with E-state index in [-0.39, 0.29) is 23.4 Å². The van der Waals surface area contributed by atoms with Crippen molar-refractivity contribution in [1.29, 1.82) is 0 Å². The molecule has 0 heterocycles. The van der Waals surface area contributed by atoms with Gasteiger partial charge >= 0.3 is 0 Å². The van der Waals surface area contributed by atoms with E-state index in [2.05, 4.69) is 5.32 Å². The molecule has 1 saturated carbocycles. The van der Waals surface area contributed by atoms with Crippen molar-refractivity contribution in [3.05, 3.63) is 95.3 Å². The summed E-state index contributed by atoms with van der Waals surface area (Å²) in [6, 6.07) is 18.3. The highest BCUT2D eigenvalue weighted by molar-refractivity contribution is 7.92. The Balaban J connectivity index is 1.68. The molecule has 1 aliphatic rings. The summed E-state index contributed by atoms with van der Waals surface area (Å²) in [6.45, 7) is 4.85. The Hall–Kier alpha value is -3.72. The van der Waals surface area contributed by atoms with Gasteiger partial charge in [-0.25, -0.2) is 12.8 Å². The van der Waals surface area contributed by atoms with Gasteiger partial charge in [-0.3, -0.25) is 13.9 Å². The second-order valence-corrected chi connectivity index (χ2v) is 12.3. The topological polar surface area (TPSA) is 86.8 Å². The van der Waals surface area contributed by atoms with E-state index in [1.807, 2.05) is 19.9 Å². The van der Waals surface area contributed by atoms with Crippen LogP contribution in [0.2, 0.25) is 0 Å². The Kier molecular flexibility index (Phi) is 9.25. The number of nitrogens with zero attached hydrogens (tertiary/aromatic N) is 2. The van der Waals surface area contributed by atoms with E-state index in [1.165, 1.54) is 29.2 Å². The summed E-state index contributed by atoms with van der Waals surface area (Å²) in [5.74, 6) is -1.26. The molecule has 0 bridgehead atoms. The molecule has 40 heavy (non-hydrogen) atoms. The predicted octanol–water partition coefficient (Wildman–Crippen LogP) is 5.11. The number of halogens is 1. The number of amides is 2. The molecule has 3 aromatic rings. The maximum atomic E-state index is 14.0. The first-order valence-electron chi connectivity index (χ1n) is 13.5. The Morgan fingerprint density at radius 3 is 2.23 bits per heavy atom. The van der Waals surface area contributed by atoms with Crippen LogP contribution >= 0.6 is 0 Å². The molecule has 3 aromatic carbocycles. The minimum atomic E-state index is -4.12. The average Bonchev–Trinajstić information content (AvgIpc) is 3.44. The van der Waals surface area contributed by atoms with Crippen molar-refractivity contribution in [3.8, 4) is 0 Å². The summed E-state index contributed by atoms with van der Waals surface area (Å²) in [5, 5.41) is 3.04. The fraction of sp³-hybridized carbons (Fsp3) is 0.355. The van der Waals surface area contributed by atoms with Crippen LogP contribution in [0, 0.1) is 19.7 Å². The van der Waals surface area contributed by atoms with Crippen molar-refractivity contribution >= 4 is 27.5 Å². The fourth-order valence-corrected chi connectivity index (χ4v) is 6.32. The molecule has 4 rings (SSSR count). The third-order valence-electron chi connectivity index (χ3n) is 7.31. The van der Waals surface area contributed by atoms with E-state index in [1.54, 1.807) is 49.4 Å². The van der Waals surface area contributed by atoms with Gasteiger partial charge in [0.2, 0.25) is 11.8 Å². The third-order valence-corrected chi connectivity index (χ3v) is 9.10. The van der Waals surface area contributed by atoms with Gasteiger partial charge in [-0.05, 0) is 81.1 Å². The van der Waals surface area contributed by atoms with Crippen LogP contribution in [0.25, 0.3) is 0 Å². The van der Waals surface area contributed by atoms with E-state index >= 15 is 0 Å². The lowest BCUT2D eigenvalue weighted by Gasteiger charge is -2.32. The van der Waals surface area contributed by atoms with Crippen molar-refractivity contribution in [2.24, 2.45) is 0 Å². The van der Waals surface area contributed by atoms with E-state index in [4.69, 9.17) is 0 Å². The van der Waals surface area contributed by atoms with E-state index in [0.717, 1.165) is 41.1 Å². The molecule has 0 spiro atoms. The first-order valence-corrected chi connectivity index (χ1v) is 15.0. The molecular formula is C31H36FN3O4S. The molecule has 0 aliphatic heterocycles. The maximum absolute atomic E-state index is 14.0. The summed E-state index contributed by atoms with van der Waals surface area (Å²) in [5.41, 5.74) is 2.71. The number of benzene rings is 3. The Bertz CT molecular complexity index is 1440. The number of carbonyl (C=O) groups is 2. The molecule has 2 amide bonds. The number of sulfonamides is 1. The zero-order valence-electron chi connectivity index (χ0n) is 23.1. The predicted molar refractivity (Wildman–Crippen MR) is 154 cm³/mol. The zero-order valence-corrected chi connectivity index (χ0v) is 24.0. The van der Waals surface area contributed by atoms with Crippen LogP contribution in [0.15, 0.2) is 77.7 Å². The monoisotopic (exact) mass is 565 g/mol. The van der Waals surface area contributed by atoms with Gasteiger partial charge in [0.25, 0.3) is 10.0 Å². The highest BCUT2D eigenvalue weighted by atomic mass is 32.2. The highest BCUT2D eigenvalue weighted by Crippen LogP contribution is 2.26. The Morgan fingerprint density at radius 2 is 1.60 bits per heavy atom. The molecule has 0 saturated heterocycles. The molecule has 0 radical (unpaired) electrons. The number of anilines is 1. The Labute approximate surface area is 236 Å². The average molecular weight is 566 g/mol. The number of rotatable bonds is 10. The largest absolute Gasteiger partial charge is 0.352 e. The summed E-state index contributed by atoms with van der Waals surface area (Å²) in [7, 11) is -4.12. The SMILES string of the molecule is Cc1ccc(S(=O)(=O)N(CC(=O)N(Cc2ccc(F)cc2)[C@@H](C)C(=O)NC2CCCC2)c2cccc(C)c2)cc1. The van der Waals surface area contributed by atoms with E-state index < -0.39 is 34.3 Å². The summed E-state index contributed by atoms with van der Waals surface area (Å²) in [6.07, 6.45) is 3.86. The lowest BCUT2D eigenvalue weighted by Crippen LogP contribution is -2.52. The quantitative estimate of drug-likeness (QED) is 0.370. The van der Waals surface area contributed by atoms with Crippen LogP contribution in [-0.2, 0) is 26.2 Å². The molecule has 0 unspecified atom stereocenters. The molecule has 1 fully saturated rings. The number of carbonyl (C=O) groups excluding carboxylic acids is 2. The number of aryl methyl sites for hydroxylation is 2. The molecule has 212 valence electrons. The Morgan fingerprint density at radius 1 is 0.950 bits per heavy atom. The summed E-state index contributed by atoms with van der Waals surface area (Å²) in [4.78, 5) is 28.6.